The third-order valence-electron chi connectivity index (χ3n) is 3.01. The summed E-state index contributed by atoms with van der Waals surface area (Å²) in [6.45, 7) is 0.627. The zero-order valence-electron chi connectivity index (χ0n) is 9.59. The van der Waals surface area contributed by atoms with Gasteiger partial charge >= 0.3 is 0 Å². The number of alkyl halides is 1. The fraction of sp³-hybridized carbons (Fsp3) is 0.462. The van der Waals surface area contributed by atoms with Gasteiger partial charge in [0.2, 0.25) is 5.91 Å². The average Bonchev–Trinajstić information content (AvgIpc) is 2.32. The number of carbonyl (C=O) groups is 1. The molecule has 0 saturated heterocycles. The average molecular weight is 256 g/mol. The number of fused-ring (bicyclic) bond motifs is 1. The Morgan fingerprint density at radius 2 is 2.12 bits per heavy atom. The molecule has 1 heterocycles. The highest BCUT2D eigenvalue weighted by molar-refractivity contribution is 6.17. The molecule has 1 aromatic rings. The topological polar surface area (TPSA) is 20.3 Å². The van der Waals surface area contributed by atoms with Crippen LogP contribution >= 0.6 is 11.6 Å². The van der Waals surface area contributed by atoms with Crippen LogP contribution in [0.3, 0.4) is 0 Å². The number of amides is 1. The molecule has 0 unspecified atom stereocenters. The van der Waals surface area contributed by atoms with Gasteiger partial charge in [-0.1, -0.05) is 6.07 Å². The first-order valence-electron chi connectivity index (χ1n) is 5.87. The fourth-order valence-electron chi connectivity index (χ4n) is 2.12. The largest absolute Gasteiger partial charge is 0.312 e. The first-order chi connectivity index (χ1) is 8.22. The molecule has 17 heavy (non-hydrogen) atoms. The van der Waals surface area contributed by atoms with Gasteiger partial charge < -0.3 is 4.90 Å². The highest BCUT2D eigenvalue weighted by Crippen LogP contribution is 2.28. The van der Waals surface area contributed by atoms with E-state index in [9.17, 15) is 9.18 Å². The number of aryl methyl sites for hydroxylation is 1. The van der Waals surface area contributed by atoms with Crippen molar-refractivity contribution in [3.63, 3.8) is 0 Å². The van der Waals surface area contributed by atoms with Gasteiger partial charge in [-0.05, 0) is 37.0 Å². The van der Waals surface area contributed by atoms with E-state index < -0.39 is 0 Å². The van der Waals surface area contributed by atoms with E-state index >= 15 is 0 Å². The van der Waals surface area contributed by atoms with Crippen LogP contribution in [-0.4, -0.2) is 18.3 Å². The normalized spacial score (nSPS) is 14.9. The summed E-state index contributed by atoms with van der Waals surface area (Å²) in [6, 6.07) is 4.67. The van der Waals surface area contributed by atoms with Crippen LogP contribution in [0.15, 0.2) is 18.2 Å². The Morgan fingerprint density at radius 3 is 2.88 bits per heavy atom. The van der Waals surface area contributed by atoms with Crippen molar-refractivity contribution < 1.29 is 9.18 Å². The molecule has 1 amide bonds. The fourth-order valence-corrected chi connectivity index (χ4v) is 2.31. The molecule has 0 atom stereocenters. The molecule has 0 fully saturated rings. The SMILES string of the molecule is O=C1CCc2ccc(F)cc2N1CCCCCl. The van der Waals surface area contributed by atoms with Crippen LogP contribution in [0.4, 0.5) is 10.1 Å². The van der Waals surface area contributed by atoms with Crippen molar-refractivity contribution in [1.29, 1.82) is 0 Å². The lowest BCUT2D eigenvalue weighted by Gasteiger charge is -2.29. The van der Waals surface area contributed by atoms with Crippen molar-refractivity contribution in [2.24, 2.45) is 0 Å². The molecule has 2 rings (SSSR count). The summed E-state index contributed by atoms with van der Waals surface area (Å²) in [5, 5.41) is 0. The molecular formula is C13H15ClFNO. The number of unbranched alkanes of at least 4 members (excludes halogenated alkanes) is 1. The molecule has 0 saturated carbocycles. The lowest BCUT2D eigenvalue weighted by molar-refractivity contribution is -0.118. The van der Waals surface area contributed by atoms with Crippen LogP contribution < -0.4 is 4.90 Å². The molecule has 1 aromatic carbocycles. The zero-order chi connectivity index (χ0) is 12.3. The van der Waals surface area contributed by atoms with Crippen molar-refractivity contribution in [3.05, 3.63) is 29.6 Å². The molecule has 0 aliphatic carbocycles. The number of benzene rings is 1. The van der Waals surface area contributed by atoms with Crippen molar-refractivity contribution in [3.8, 4) is 0 Å². The lowest BCUT2D eigenvalue weighted by Crippen LogP contribution is -2.36. The molecular weight excluding hydrogens is 241 g/mol. The van der Waals surface area contributed by atoms with Crippen LogP contribution in [0.25, 0.3) is 0 Å². The summed E-state index contributed by atoms with van der Waals surface area (Å²) >= 11 is 5.62. The minimum Gasteiger partial charge on any atom is -0.312 e. The van der Waals surface area contributed by atoms with Crippen molar-refractivity contribution in [2.45, 2.75) is 25.7 Å². The number of rotatable bonds is 4. The highest BCUT2D eigenvalue weighted by Gasteiger charge is 2.23. The minimum absolute atomic E-state index is 0.0812. The maximum absolute atomic E-state index is 13.2. The highest BCUT2D eigenvalue weighted by atomic mass is 35.5. The van der Waals surface area contributed by atoms with E-state index in [2.05, 4.69) is 0 Å². The maximum Gasteiger partial charge on any atom is 0.227 e. The molecule has 0 N–H and O–H groups in total. The summed E-state index contributed by atoms with van der Waals surface area (Å²) in [5.41, 5.74) is 1.78. The molecule has 0 radical (unpaired) electrons. The Balaban J connectivity index is 2.20. The molecule has 0 bridgehead atoms. The molecule has 0 aromatic heterocycles. The van der Waals surface area contributed by atoms with Crippen molar-refractivity contribution in [2.75, 3.05) is 17.3 Å². The predicted octanol–water partition coefficient (Wildman–Crippen LogP) is 3.12. The van der Waals surface area contributed by atoms with Gasteiger partial charge in [-0.15, -0.1) is 11.6 Å². The molecule has 92 valence electrons. The van der Waals surface area contributed by atoms with Gasteiger partial charge in [0.1, 0.15) is 5.82 Å². The molecule has 4 heteroatoms. The van der Waals surface area contributed by atoms with Gasteiger partial charge in [-0.2, -0.15) is 0 Å². The number of hydrogen-bond donors (Lipinski definition) is 0. The Hall–Kier alpha value is -1.09. The second-order valence-corrected chi connectivity index (χ2v) is 4.59. The standard InChI is InChI=1S/C13H15ClFNO/c14-7-1-2-8-16-12-9-11(15)5-3-10(12)4-6-13(16)17/h3,5,9H,1-2,4,6-8H2. The smallest absolute Gasteiger partial charge is 0.227 e. The van der Waals surface area contributed by atoms with Gasteiger partial charge in [0, 0.05) is 24.5 Å². The van der Waals surface area contributed by atoms with Gasteiger partial charge in [-0.3, -0.25) is 4.79 Å². The van der Waals surface area contributed by atoms with E-state index in [-0.39, 0.29) is 11.7 Å². The van der Waals surface area contributed by atoms with Crippen LogP contribution in [0, 0.1) is 5.82 Å². The Labute approximate surface area is 105 Å². The lowest BCUT2D eigenvalue weighted by atomic mass is 10.0. The third kappa shape index (κ3) is 2.78. The molecule has 1 aliphatic rings. The second kappa shape index (κ2) is 5.50. The van der Waals surface area contributed by atoms with E-state index in [1.54, 1.807) is 11.0 Å². The van der Waals surface area contributed by atoms with E-state index in [4.69, 9.17) is 11.6 Å². The second-order valence-electron chi connectivity index (χ2n) is 4.21. The van der Waals surface area contributed by atoms with Gasteiger partial charge in [0.05, 0.1) is 0 Å². The monoisotopic (exact) mass is 255 g/mol. The van der Waals surface area contributed by atoms with Gasteiger partial charge in [0.15, 0.2) is 0 Å². The first-order valence-corrected chi connectivity index (χ1v) is 6.40. The molecule has 2 nitrogen and oxygen atoms in total. The van der Waals surface area contributed by atoms with Crippen molar-refractivity contribution >= 4 is 23.2 Å². The number of hydrogen-bond acceptors (Lipinski definition) is 1. The van der Waals surface area contributed by atoms with Crippen LogP contribution in [-0.2, 0) is 11.2 Å². The summed E-state index contributed by atoms with van der Waals surface area (Å²) in [7, 11) is 0. The number of carbonyl (C=O) groups excluding carboxylic acids is 1. The van der Waals surface area contributed by atoms with E-state index in [0.29, 0.717) is 25.3 Å². The van der Waals surface area contributed by atoms with Crippen LogP contribution in [0.1, 0.15) is 24.8 Å². The summed E-state index contributed by atoms with van der Waals surface area (Å²) in [5.74, 6) is 0.386. The van der Waals surface area contributed by atoms with Gasteiger partial charge in [0.25, 0.3) is 0 Å². The third-order valence-corrected chi connectivity index (χ3v) is 3.28. The molecule has 1 aliphatic heterocycles. The quantitative estimate of drug-likeness (QED) is 0.598. The zero-order valence-corrected chi connectivity index (χ0v) is 10.3. The minimum atomic E-state index is -0.291. The van der Waals surface area contributed by atoms with Crippen molar-refractivity contribution in [1.82, 2.24) is 0 Å². The Kier molecular flexibility index (Phi) is 4.00. The summed E-state index contributed by atoms with van der Waals surface area (Å²) in [6.07, 6.45) is 2.95. The summed E-state index contributed by atoms with van der Waals surface area (Å²) in [4.78, 5) is 13.5. The molecule has 0 spiro atoms. The number of nitrogens with zero attached hydrogens (tertiary/aromatic N) is 1. The van der Waals surface area contributed by atoms with Crippen LogP contribution in [0.2, 0.25) is 0 Å². The number of halogens is 2. The summed E-state index contributed by atoms with van der Waals surface area (Å²) < 4.78 is 13.2. The van der Waals surface area contributed by atoms with E-state index in [1.807, 2.05) is 0 Å². The van der Waals surface area contributed by atoms with Gasteiger partial charge in [-0.25, -0.2) is 4.39 Å². The van der Waals surface area contributed by atoms with Crippen LogP contribution in [0.5, 0.6) is 0 Å². The Morgan fingerprint density at radius 1 is 1.29 bits per heavy atom. The number of anilines is 1. The van der Waals surface area contributed by atoms with E-state index in [0.717, 1.165) is 24.1 Å². The maximum atomic E-state index is 13.2. The predicted molar refractivity (Wildman–Crippen MR) is 67.0 cm³/mol. The van der Waals surface area contributed by atoms with E-state index in [1.165, 1.54) is 12.1 Å². The first kappa shape index (κ1) is 12.4. The Bertz CT molecular complexity index is 422.